The van der Waals surface area contributed by atoms with Crippen molar-refractivity contribution < 1.29 is 49.8 Å². The number of esters is 1. The van der Waals surface area contributed by atoms with Crippen LogP contribution in [0.1, 0.15) is 40.0 Å². The first-order chi connectivity index (χ1) is 11.3. The topological polar surface area (TPSA) is 46.5 Å². The van der Waals surface area contributed by atoms with Crippen molar-refractivity contribution >= 4 is 5.97 Å². The summed E-state index contributed by atoms with van der Waals surface area (Å²) in [6.07, 6.45) is -6.63. The highest BCUT2D eigenvalue weighted by atomic mass is 19.4. The van der Waals surface area contributed by atoms with Crippen molar-refractivity contribution in [3.05, 3.63) is 0 Å². The molecular formula is C14H24F8O3. The smallest absolute Gasteiger partial charge is 0.453 e. The lowest BCUT2D eigenvalue weighted by Crippen LogP contribution is -2.43. The van der Waals surface area contributed by atoms with Crippen LogP contribution in [-0.2, 0) is 9.53 Å². The third kappa shape index (κ3) is 14.9. The molecule has 0 heterocycles. The van der Waals surface area contributed by atoms with E-state index in [9.17, 15) is 39.9 Å². The minimum atomic E-state index is -5.70. The Bertz CT molecular complexity index is 331. The van der Waals surface area contributed by atoms with E-state index in [4.69, 9.17) is 5.11 Å². The molecule has 0 aliphatic heterocycles. The van der Waals surface area contributed by atoms with E-state index < -0.39 is 36.8 Å². The molecule has 0 amide bonds. The maximum Gasteiger partial charge on any atom is 0.453 e. The van der Waals surface area contributed by atoms with Crippen molar-refractivity contribution in [1.29, 1.82) is 0 Å². The summed E-state index contributed by atoms with van der Waals surface area (Å²) in [7, 11) is 0. The van der Waals surface area contributed by atoms with Gasteiger partial charge in [-0.1, -0.05) is 6.92 Å². The molecule has 0 atom stereocenters. The standard InChI is InChI=1S/C10H15F5O3.C3H7F.CH2F2/c1-8(2,7(17)18-5-3-4-16)6-9(11,12)10(13,14)15;1-2-3-4;2-1-3/h16H,3-6H2,1-2H3;2-3H2,1H3;1H2. The van der Waals surface area contributed by atoms with E-state index in [2.05, 4.69) is 4.74 Å². The number of carbonyl (C=O) groups excluding carboxylic acids is 1. The number of rotatable bonds is 7. The number of alkyl halides is 8. The van der Waals surface area contributed by atoms with Gasteiger partial charge in [0, 0.05) is 19.4 Å². The molecule has 3 nitrogen and oxygen atoms in total. The van der Waals surface area contributed by atoms with Gasteiger partial charge in [0.2, 0.25) is 6.93 Å². The predicted molar refractivity (Wildman–Crippen MR) is 75.4 cm³/mol. The Morgan fingerprint density at radius 1 is 1.04 bits per heavy atom. The highest BCUT2D eigenvalue weighted by molar-refractivity contribution is 5.76. The fourth-order valence-corrected chi connectivity index (χ4v) is 1.15. The molecule has 0 aromatic carbocycles. The maximum atomic E-state index is 12.8. The minimum absolute atomic E-state index is 0.0947. The third-order valence-corrected chi connectivity index (χ3v) is 2.36. The van der Waals surface area contributed by atoms with Gasteiger partial charge in [0.15, 0.2) is 0 Å². The van der Waals surface area contributed by atoms with Crippen molar-refractivity contribution in [3.63, 3.8) is 0 Å². The van der Waals surface area contributed by atoms with Crippen LogP contribution >= 0.6 is 0 Å². The molecular weight excluding hydrogens is 368 g/mol. The fraction of sp³-hybridized carbons (Fsp3) is 0.929. The first kappa shape index (κ1) is 28.7. The fourth-order valence-electron chi connectivity index (χ4n) is 1.15. The van der Waals surface area contributed by atoms with E-state index >= 15 is 0 Å². The van der Waals surface area contributed by atoms with Crippen LogP contribution in [0.4, 0.5) is 35.1 Å². The van der Waals surface area contributed by atoms with Gasteiger partial charge in [0.1, 0.15) is 0 Å². The monoisotopic (exact) mass is 392 g/mol. The lowest BCUT2D eigenvalue weighted by molar-refractivity contribution is -0.291. The molecule has 11 heteroatoms. The SMILES string of the molecule is CC(C)(CC(F)(F)C(F)(F)F)C(=O)OCCCO.CCCF.FCF. The molecule has 1 N–H and O–H groups in total. The molecule has 154 valence electrons. The van der Waals surface area contributed by atoms with E-state index in [1.54, 1.807) is 6.92 Å². The molecule has 0 aliphatic carbocycles. The summed E-state index contributed by atoms with van der Waals surface area (Å²) in [6, 6.07) is 0. The summed E-state index contributed by atoms with van der Waals surface area (Å²) in [6.45, 7) is 1.28. The molecule has 0 saturated carbocycles. The van der Waals surface area contributed by atoms with E-state index in [1.807, 2.05) is 0 Å². The largest absolute Gasteiger partial charge is 0.465 e. The molecule has 0 spiro atoms. The quantitative estimate of drug-likeness (QED) is 0.386. The summed E-state index contributed by atoms with van der Waals surface area (Å²) in [4.78, 5) is 11.3. The van der Waals surface area contributed by atoms with Gasteiger partial charge < -0.3 is 9.84 Å². The van der Waals surface area contributed by atoms with Crippen LogP contribution in [0.3, 0.4) is 0 Å². The van der Waals surface area contributed by atoms with Crippen molar-refractivity contribution in [3.8, 4) is 0 Å². The van der Waals surface area contributed by atoms with Crippen molar-refractivity contribution in [1.82, 2.24) is 0 Å². The van der Waals surface area contributed by atoms with Gasteiger partial charge in [-0.2, -0.15) is 22.0 Å². The molecule has 0 aromatic heterocycles. The molecule has 0 fully saturated rings. The average molecular weight is 392 g/mol. The van der Waals surface area contributed by atoms with Crippen LogP contribution in [0.2, 0.25) is 0 Å². The number of hydrogen-bond acceptors (Lipinski definition) is 3. The van der Waals surface area contributed by atoms with Gasteiger partial charge in [-0.15, -0.1) is 0 Å². The zero-order chi connectivity index (χ0) is 20.7. The summed E-state index contributed by atoms with van der Waals surface area (Å²) in [5, 5.41) is 8.42. The molecule has 0 aromatic rings. The highest BCUT2D eigenvalue weighted by Gasteiger charge is 2.60. The van der Waals surface area contributed by atoms with Gasteiger partial charge >= 0.3 is 18.1 Å². The molecule has 0 rings (SSSR count). The summed E-state index contributed by atoms with van der Waals surface area (Å²) in [5.41, 5.74) is -1.96. The first-order valence-electron chi connectivity index (χ1n) is 7.17. The number of aliphatic hydroxyl groups excluding tert-OH is 1. The molecule has 0 radical (unpaired) electrons. The van der Waals surface area contributed by atoms with Crippen molar-refractivity contribution in [2.45, 2.75) is 52.1 Å². The molecule has 0 bridgehead atoms. The normalized spacial score (nSPS) is 11.7. The van der Waals surface area contributed by atoms with E-state index in [1.165, 1.54) is 0 Å². The van der Waals surface area contributed by atoms with Crippen LogP contribution < -0.4 is 0 Å². The Kier molecular flexibility index (Phi) is 16.1. The Morgan fingerprint density at radius 2 is 1.44 bits per heavy atom. The second-order valence-corrected chi connectivity index (χ2v) is 5.27. The minimum Gasteiger partial charge on any atom is -0.465 e. The number of aliphatic hydroxyl groups is 1. The summed E-state index contributed by atoms with van der Waals surface area (Å²) in [5.74, 6) is -6.10. The third-order valence-electron chi connectivity index (χ3n) is 2.36. The molecule has 0 saturated heterocycles. The Hall–Kier alpha value is -1.13. The second-order valence-electron chi connectivity index (χ2n) is 5.27. The van der Waals surface area contributed by atoms with Gasteiger partial charge in [0.25, 0.3) is 0 Å². The first-order valence-corrected chi connectivity index (χ1v) is 7.17. The van der Waals surface area contributed by atoms with Crippen LogP contribution in [0.15, 0.2) is 0 Å². The van der Waals surface area contributed by atoms with E-state index in [0.29, 0.717) is 6.42 Å². The van der Waals surface area contributed by atoms with Gasteiger partial charge in [-0.3, -0.25) is 9.18 Å². The number of hydrogen-bond donors (Lipinski definition) is 1. The molecule has 0 unspecified atom stereocenters. The summed E-state index contributed by atoms with van der Waals surface area (Å²) < 4.78 is 96.1. The Labute approximate surface area is 141 Å². The molecule has 0 aliphatic rings. The lowest BCUT2D eigenvalue weighted by atomic mass is 9.86. The van der Waals surface area contributed by atoms with Crippen molar-refractivity contribution in [2.75, 3.05) is 26.8 Å². The van der Waals surface area contributed by atoms with Gasteiger partial charge in [-0.05, 0) is 20.3 Å². The average Bonchev–Trinajstić information content (AvgIpc) is 2.46. The second kappa shape index (κ2) is 14.1. The van der Waals surface area contributed by atoms with Crippen molar-refractivity contribution in [2.24, 2.45) is 5.41 Å². The molecule has 25 heavy (non-hydrogen) atoms. The predicted octanol–water partition coefficient (Wildman–Crippen LogP) is 4.77. The zero-order valence-electron chi connectivity index (χ0n) is 14.2. The zero-order valence-corrected chi connectivity index (χ0v) is 14.2. The highest BCUT2D eigenvalue weighted by Crippen LogP contribution is 2.43. The Balaban J connectivity index is -0.000000586. The lowest BCUT2D eigenvalue weighted by Gasteiger charge is -2.28. The van der Waals surface area contributed by atoms with Crippen LogP contribution in [0, 0.1) is 5.41 Å². The van der Waals surface area contributed by atoms with E-state index in [-0.39, 0.29) is 26.3 Å². The number of carbonyl (C=O) groups is 1. The van der Waals surface area contributed by atoms with Crippen LogP contribution in [-0.4, -0.2) is 50.0 Å². The number of ether oxygens (including phenoxy) is 1. The Morgan fingerprint density at radius 3 is 1.72 bits per heavy atom. The maximum absolute atomic E-state index is 12.8. The summed E-state index contributed by atoms with van der Waals surface area (Å²) >= 11 is 0. The van der Waals surface area contributed by atoms with Crippen LogP contribution in [0.5, 0.6) is 0 Å². The van der Waals surface area contributed by atoms with E-state index in [0.717, 1.165) is 13.8 Å². The number of halogens is 8. The van der Waals surface area contributed by atoms with Gasteiger partial charge in [-0.25, -0.2) is 8.78 Å². The van der Waals surface area contributed by atoms with Gasteiger partial charge in [0.05, 0.1) is 18.7 Å². The van der Waals surface area contributed by atoms with Crippen LogP contribution in [0.25, 0.3) is 0 Å².